The van der Waals surface area contributed by atoms with Crippen molar-refractivity contribution < 1.29 is 4.74 Å². The van der Waals surface area contributed by atoms with Crippen molar-refractivity contribution in [1.82, 2.24) is 15.0 Å². The Balaban J connectivity index is 1.11. The summed E-state index contributed by atoms with van der Waals surface area (Å²) in [6.45, 7) is 0. The van der Waals surface area contributed by atoms with Gasteiger partial charge in [0.2, 0.25) is 0 Å². The number of hydrogen-bond donors (Lipinski definition) is 0. The van der Waals surface area contributed by atoms with Gasteiger partial charge in [0.05, 0.1) is 0 Å². The van der Waals surface area contributed by atoms with E-state index in [1.807, 2.05) is 60.7 Å². The minimum atomic E-state index is -2.66. The molecular weight excluding hydrogens is 627 g/mol. The van der Waals surface area contributed by atoms with Gasteiger partial charge in [0, 0.05) is 16.7 Å². The molecule has 8 aromatic rings. The van der Waals surface area contributed by atoms with Gasteiger partial charge in [-0.05, 0) is 55.1 Å². The van der Waals surface area contributed by atoms with E-state index in [1.54, 1.807) is 0 Å². The second-order valence-corrected chi connectivity index (χ2v) is 16.4. The van der Waals surface area contributed by atoms with Crippen LogP contribution in [0.4, 0.5) is 0 Å². The molecule has 0 aliphatic carbocycles. The molecule has 1 aromatic heterocycles. The molecule has 2 aliphatic heterocycles. The average Bonchev–Trinajstić information content (AvgIpc) is 3.49. The van der Waals surface area contributed by atoms with Crippen molar-refractivity contribution in [2.75, 3.05) is 0 Å². The van der Waals surface area contributed by atoms with Crippen molar-refractivity contribution in [2.45, 2.75) is 0 Å². The number of aromatic nitrogens is 3. The fourth-order valence-corrected chi connectivity index (χ4v) is 13.2. The van der Waals surface area contributed by atoms with E-state index >= 15 is 0 Å². The van der Waals surface area contributed by atoms with Gasteiger partial charge < -0.3 is 4.74 Å². The van der Waals surface area contributed by atoms with Crippen molar-refractivity contribution in [3.8, 4) is 67.9 Å². The molecule has 50 heavy (non-hydrogen) atoms. The molecular formula is C45H29N3OSi. The summed E-state index contributed by atoms with van der Waals surface area (Å²) in [5, 5.41) is 5.43. The third-order valence-corrected chi connectivity index (χ3v) is 14.9. The van der Waals surface area contributed by atoms with Crippen molar-refractivity contribution >= 4 is 28.8 Å². The first-order chi connectivity index (χ1) is 24.8. The van der Waals surface area contributed by atoms with E-state index in [-0.39, 0.29) is 0 Å². The van der Waals surface area contributed by atoms with Crippen LogP contribution in [0.15, 0.2) is 176 Å². The monoisotopic (exact) mass is 655 g/mol. The number of para-hydroxylation sites is 1. The molecule has 0 N–H and O–H groups in total. The Hall–Kier alpha value is -6.43. The maximum absolute atomic E-state index is 6.67. The first-order valence-corrected chi connectivity index (χ1v) is 18.9. The highest BCUT2D eigenvalue weighted by Crippen LogP contribution is 2.37. The van der Waals surface area contributed by atoms with Gasteiger partial charge in [-0.3, -0.25) is 0 Å². The fraction of sp³-hybridized carbons (Fsp3) is 0. The molecule has 1 spiro atoms. The van der Waals surface area contributed by atoms with Crippen LogP contribution in [0.5, 0.6) is 11.5 Å². The molecule has 234 valence electrons. The molecule has 0 radical (unpaired) electrons. The van der Waals surface area contributed by atoms with Crippen LogP contribution in [0.3, 0.4) is 0 Å². The molecule has 0 saturated heterocycles. The van der Waals surface area contributed by atoms with Gasteiger partial charge >= 0.3 is 0 Å². The van der Waals surface area contributed by atoms with Gasteiger partial charge in [-0.1, -0.05) is 164 Å². The maximum atomic E-state index is 6.67. The molecule has 2 aliphatic rings. The van der Waals surface area contributed by atoms with Gasteiger partial charge in [-0.25, -0.2) is 15.0 Å². The molecule has 0 amide bonds. The summed E-state index contributed by atoms with van der Waals surface area (Å²) < 4.78 is 6.67. The summed E-state index contributed by atoms with van der Waals surface area (Å²) in [5.41, 5.74) is 7.78. The molecule has 7 aromatic carbocycles. The lowest BCUT2D eigenvalue weighted by molar-refractivity contribution is 0.487. The first-order valence-electron chi connectivity index (χ1n) is 16.9. The van der Waals surface area contributed by atoms with E-state index in [0.29, 0.717) is 17.5 Å². The third-order valence-electron chi connectivity index (χ3n) is 10.0. The van der Waals surface area contributed by atoms with E-state index in [1.165, 1.54) is 31.9 Å². The van der Waals surface area contributed by atoms with Crippen LogP contribution in [0.2, 0.25) is 0 Å². The van der Waals surface area contributed by atoms with Gasteiger partial charge in [0.25, 0.3) is 0 Å². The van der Waals surface area contributed by atoms with E-state index in [0.717, 1.165) is 39.3 Å². The zero-order valence-electron chi connectivity index (χ0n) is 27.0. The predicted molar refractivity (Wildman–Crippen MR) is 204 cm³/mol. The number of hydrogen-bond acceptors (Lipinski definition) is 4. The van der Waals surface area contributed by atoms with Crippen molar-refractivity contribution in [1.29, 1.82) is 0 Å². The van der Waals surface area contributed by atoms with Crippen LogP contribution in [-0.2, 0) is 0 Å². The van der Waals surface area contributed by atoms with Gasteiger partial charge in [-0.2, -0.15) is 0 Å². The van der Waals surface area contributed by atoms with Crippen LogP contribution in [0, 0.1) is 0 Å². The lowest BCUT2D eigenvalue weighted by atomic mass is 10.0. The summed E-state index contributed by atoms with van der Waals surface area (Å²) >= 11 is 0. The largest absolute Gasteiger partial charge is 0.458 e. The Kier molecular flexibility index (Phi) is 6.47. The molecule has 0 fully saturated rings. The summed E-state index contributed by atoms with van der Waals surface area (Å²) in [7, 11) is -2.66. The number of benzene rings is 7. The third kappa shape index (κ3) is 4.34. The lowest BCUT2D eigenvalue weighted by Gasteiger charge is -2.37. The lowest BCUT2D eigenvalue weighted by Crippen LogP contribution is -2.74. The van der Waals surface area contributed by atoms with Gasteiger partial charge in [-0.15, -0.1) is 0 Å². The number of rotatable bonds is 4. The smallest absolute Gasteiger partial charge is 0.189 e. The van der Waals surface area contributed by atoms with E-state index in [9.17, 15) is 0 Å². The topological polar surface area (TPSA) is 47.9 Å². The quantitative estimate of drug-likeness (QED) is 0.180. The highest BCUT2D eigenvalue weighted by molar-refractivity contribution is 7.23. The molecule has 4 nitrogen and oxygen atoms in total. The highest BCUT2D eigenvalue weighted by atomic mass is 28.3. The first kappa shape index (κ1) is 28.6. The normalized spacial score (nSPS) is 13.1. The summed E-state index contributed by atoms with van der Waals surface area (Å²) in [6, 6.07) is 62.1. The number of ether oxygens (including phenoxy) is 1. The minimum absolute atomic E-state index is 0.644. The Morgan fingerprint density at radius 2 is 0.740 bits per heavy atom. The molecule has 0 bridgehead atoms. The van der Waals surface area contributed by atoms with Crippen LogP contribution in [0.25, 0.3) is 56.4 Å². The number of nitrogens with zero attached hydrogens (tertiary/aromatic N) is 3. The molecule has 10 rings (SSSR count). The van der Waals surface area contributed by atoms with E-state index < -0.39 is 8.07 Å². The zero-order chi connectivity index (χ0) is 33.1. The molecule has 3 heterocycles. The molecule has 0 saturated carbocycles. The minimum Gasteiger partial charge on any atom is -0.458 e. The maximum Gasteiger partial charge on any atom is 0.189 e. The fourth-order valence-electron chi connectivity index (χ4n) is 7.79. The van der Waals surface area contributed by atoms with E-state index in [4.69, 9.17) is 19.7 Å². The highest BCUT2D eigenvalue weighted by Gasteiger charge is 2.53. The molecule has 0 unspecified atom stereocenters. The van der Waals surface area contributed by atoms with Crippen molar-refractivity contribution in [3.05, 3.63) is 176 Å². The summed E-state index contributed by atoms with van der Waals surface area (Å²) in [5.74, 6) is 3.85. The van der Waals surface area contributed by atoms with E-state index in [2.05, 4.69) is 115 Å². The average molecular weight is 656 g/mol. The Morgan fingerprint density at radius 3 is 1.32 bits per heavy atom. The summed E-state index contributed by atoms with van der Waals surface area (Å²) in [4.78, 5) is 14.7. The number of fused-ring (bicyclic) bond motifs is 9. The van der Waals surface area contributed by atoms with Gasteiger partial charge in [0.1, 0.15) is 11.5 Å². The second-order valence-electron chi connectivity index (χ2n) is 12.8. The Bertz CT molecular complexity index is 2470. The van der Waals surface area contributed by atoms with Gasteiger partial charge in [0.15, 0.2) is 25.5 Å². The summed E-state index contributed by atoms with van der Waals surface area (Å²) in [6.07, 6.45) is 0. The Labute approximate surface area is 291 Å². The zero-order valence-corrected chi connectivity index (χ0v) is 28.0. The predicted octanol–water partition coefficient (Wildman–Crippen LogP) is 8.00. The van der Waals surface area contributed by atoms with Crippen LogP contribution in [0.1, 0.15) is 0 Å². The van der Waals surface area contributed by atoms with Crippen LogP contribution < -0.4 is 25.5 Å². The van der Waals surface area contributed by atoms with Crippen LogP contribution in [-0.4, -0.2) is 23.0 Å². The standard InChI is InChI=1S/C45H29N3OSi/c1-3-13-31(14-4-1)43-46-44(32-15-5-2-6-16-32)48-45(47-43)33-25-23-30(24-26-33)34-27-28-38-42(29-34)50(41-22-12-9-19-37(41)49-38)39-20-10-7-17-35(39)36-18-8-11-21-40(36)50/h1-29H. The van der Waals surface area contributed by atoms with Crippen molar-refractivity contribution in [3.63, 3.8) is 0 Å². The second kappa shape index (κ2) is 11.3. The molecule has 0 atom stereocenters. The molecule has 5 heteroatoms. The SMILES string of the molecule is c1ccc(-c2nc(-c3ccccc3)nc(-c3ccc(-c4ccc5c(c4)[Si]4(c6ccccc6O5)c5ccccc5-c5ccccc54)cc3)n2)cc1. The Morgan fingerprint density at radius 1 is 0.320 bits per heavy atom. The van der Waals surface area contributed by atoms with Crippen molar-refractivity contribution in [2.24, 2.45) is 0 Å². The van der Waals surface area contributed by atoms with Crippen LogP contribution >= 0.6 is 0 Å².